The smallest absolute Gasteiger partial charge is 0.308 e. The van der Waals surface area contributed by atoms with Gasteiger partial charge in [-0.15, -0.1) is 0 Å². The predicted octanol–water partition coefficient (Wildman–Crippen LogP) is 2.74. The molecule has 0 bridgehead atoms. The molecule has 18 heavy (non-hydrogen) atoms. The van der Waals surface area contributed by atoms with Gasteiger partial charge in [-0.2, -0.15) is 0 Å². The second kappa shape index (κ2) is 5.36. The zero-order chi connectivity index (χ0) is 13.3. The number of carboxylic acids is 1. The van der Waals surface area contributed by atoms with Crippen LogP contribution in [0.2, 0.25) is 0 Å². The molecule has 1 aromatic carbocycles. The van der Waals surface area contributed by atoms with Crippen molar-refractivity contribution in [3.63, 3.8) is 0 Å². The second-order valence-corrected chi connectivity index (χ2v) is 5.72. The van der Waals surface area contributed by atoms with Gasteiger partial charge in [-0.1, -0.05) is 13.0 Å². The average molecular weight is 316 g/mol. The Morgan fingerprint density at radius 2 is 2.28 bits per heavy atom. The lowest BCUT2D eigenvalue weighted by Gasteiger charge is -2.15. The maximum atomic E-state index is 13.1. The van der Waals surface area contributed by atoms with Crippen LogP contribution in [0.5, 0.6) is 0 Å². The van der Waals surface area contributed by atoms with Crippen LogP contribution < -0.4 is 0 Å². The van der Waals surface area contributed by atoms with Crippen LogP contribution in [0.15, 0.2) is 22.7 Å². The van der Waals surface area contributed by atoms with Gasteiger partial charge < -0.3 is 5.11 Å². The van der Waals surface area contributed by atoms with Gasteiger partial charge in [0.1, 0.15) is 5.82 Å². The van der Waals surface area contributed by atoms with Crippen LogP contribution in [0.4, 0.5) is 4.39 Å². The topological polar surface area (TPSA) is 40.5 Å². The summed E-state index contributed by atoms with van der Waals surface area (Å²) in [4.78, 5) is 13.1. The highest BCUT2D eigenvalue weighted by Crippen LogP contribution is 2.25. The third-order valence-electron chi connectivity index (χ3n) is 3.40. The molecule has 1 saturated heterocycles. The first-order valence-electron chi connectivity index (χ1n) is 5.86. The summed E-state index contributed by atoms with van der Waals surface area (Å²) in [5.41, 5.74) is 0.988. The van der Waals surface area contributed by atoms with Crippen molar-refractivity contribution in [2.45, 2.75) is 13.5 Å². The summed E-state index contributed by atoms with van der Waals surface area (Å²) in [6.07, 6.45) is 0. The number of hydrogen-bond donors (Lipinski definition) is 1. The van der Waals surface area contributed by atoms with E-state index in [0.717, 1.165) is 12.1 Å². The van der Waals surface area contributed by atoms with Crippen molar-refractivity contribution >= 4 is 21.9 Å². The molecule has 1 fully saturated rings. The van der Waals surface area contributed by atoms with Crippen LogP contribution in [-0.4, -0.2) is 29.1 Å². The number of hydrogen-bond acceptors (Lipinski definition) is 2. The van der Waals surface area contributed by atoms with Crippen molar-refractivity contribution in [1.29, 1.82) is 0 Å². The maximum absolute atomic E-state index is 13.1. The summed E-state index contributed by atoms with van der Waals surface area (Å²) in [7, 11) is 0. The normalized spacial score (nSPS) is 24.4. The Morgan fingerprint density at radius 3 is 2.83 bits per heavy atom. The van der Waals surface area contributed by atoms with Crippen molar-refractivity contribution in [3.8, 4) is 0 Å². The largest absolute Gasteiger partial charge is 0.481 e. The molecule has 0 saturated carbocycles. The molecule has 98 valence electrons. The Bertz CT molecular complexity index is 466. The SMILES string of the molecule is CC1CN(Cc2ccc(F)c(Br)c2)CC1C(=O)O. The van der Waals surface area contributed by atoms with E-state index >= 15 is 0 Å². The van der Waals surface area contributed by atoms with Crippen LogP contribution >= 0.6 is 15.9 Å². The standard InChI is InChI=1S/C13H15BrFNO2/c1-8-5-16(7-10(8)13(17)18)6-9-2-3-12(15)11(14)4-9/h2-4,8,10H,5-7H2,1H3,(H,17,18). The minimum absolute atomic E-state index is 0.159. The zero-order valence-electron chi connectivity index (χ0n) is 10.1. The molecular weight excluding hydrogens is 301 g/mol. The Hall–Kier alpha value is -0.940. The van der Waals surface area contributed by atoms with Gasteiger partial charge in [-0.3, -0.25) is 9.69 Å². The second-order valence-electron chi connectivity index (χ2n) is 4.86. The third-order valence-corrected chi connectivity index (χ3v) is 4.00. The fraction of sp³-hybridized carbons (Fsp3) is 0.462. The first-order valence-corrected chi connectivity index (χ1v) is 6.65. The van der Waals surface area contributed by atoms with Crippen LogP contribution in [0.3, 0.4) is 0 Å². The number of likely N-dealkylation sites (tertiary alicyclic amines) is 1. The highest BCUT2D eigenvalue weighted by atomic mass is 79.9. The maximum Gasteiger partial charge on any atom is 0.308 e. The monoisotopic (exact) mass is 315 g/mol. The Morgan fingerprint density at radius 1 is 1.56 bits per heavy atom. The van der Waals surface area contributed by atoms with Gasteiger partial charge >= 0.3 is 5.97 Å². The summed E-state index contributed by atoms with van der Waals surface area (Å²) >= 11 is 3.15. The van der Waals surface area contributed by atoms with E-state index in [1.807, 2.05) is 6.92 Å². The van der Waals surface area contributed by atoms with Crippen molar-refractivity contribution < 1.29 is 14.3 Å². The molecule has 1 heterocycles. The molecule has 0 radical (unpaired) electrons. The third kappa shape index (κ3) is 2.90. The fourth-order valence-electron chi connectivity index (χ4n) is 2.41. The van der Waals surface area contributed by atoms with E-state index in [0.29, 0.717) is 17.6 Å². The van der Waals surface area contributed by atoms with Gasteiger partial charge in [0.2, 0.25) is 0 Å². The molecule has 0 aromatic heterocycles. The van der Waals surface area contributed by atoms with E-state index in [2.05, 4.69) is 20.8 Å². The van der Waals surface area contributed by atoms with Gasteiger partial charge in [0.05, 0.1) is 10.4 Å². The lowest BCUT2D eigenvalue weighted by molar-refractivity contribution is -0.142. The molecule has 1 N–H and O–H groups in total. The number of benzene rings is 1. The molecule has 0 spiro atoms. The van der Waals surface area contributed by atoms with Crippen molar-refractivity contribution in [2.75, 3.05) is 13.1 Å². The molecule has 0 aliphatic carbocycles. The van der Waals surface area contributed by atoms with Gasteiger partial charge in [0, 0.05) is 19.6 Å². The molecule has 2 unspecified atom stereocenters. The molecule has 1 aliphatic heterocycles. The number of halogens is 2. The first-order chi connectivity index (χ1) is 8.47. The van der Waals surface area contributed by atoms with Crippen LogP contribution in [0.25, 0.3) is 0 Å². The van der Waals surface area contributed by atoms with Crippen LogP contribution in [-0.2, 0) is 11.3 Å². The van der Waals surface area contributed by atoms with E-state index in [9.17, 15) is 9.18 Å². The van der Waals surface area contributed by atoms with Crippen LogP contribution in [0.1, 0.15) is 12.5 Å². The van der Waals surface area contributed by atoms with E-state index in [1.54, 1.807) is 12.1 Å². The summed E-state index contributed by atoms with van der Waals surface area (Å²) in [6, 6.07) is 4.90. The quantitative estimate of drug-likeness (QED) is 0.932. The average Bonchev–Trinajstić information content (AvgIpc) is 2.65. The summed E-state index contributed by atoms with van der Waals surface area (Å²) < 4.78 is 13.6. The van der Waals surface area contributed by atoms with Crippen molar-refractivity contribution in [2.24, 2.45) is 11.8 Å². The number of carbonyl (C=O) groups is 1. The summed E-state index contributed by atoms with van der Waals surface area (Å²) in [5, 5.41) is 9.06. The van der Waals surface area contributed by atoms with E-state index in [1.165, 1.54) is 6.07 Å². The number of nitrogens with zero attached hydrogens (tertiary/aromatic N) is 1. The van der Waals surface area contributed by atoms with Crippen LogP contribution in [0, 0.1) is 17.7 Å². The zero-order valence-corrected chi connectivity index (χ0v) is 11.7. The molecule has 1 aliphatic rings. The summed E-state index contributed by atoms with van der Waals surface area (Å²) in [6.45, 7) is 3.95. The molecular formula is C13H15BrFNO2. The van der Waals surface area contributed by atoms with E-state index in [-0.39, 0.29) is 17.7 Å². The molecule has 1 aromatic rings. The molecule has 5 heteroatoms. The van der Waals surface area contributed by atoms with Crippen molar-refractivity contribution in [3.05, 3.63) is 34.1 Å². The number of aliphatic carboxylic acids is 1. The van der Waals surface area contributed by atoms with E-state index < -0.39 is 5.97 Å². The summed E-state index contributed by atoms with van der Waals surface area (Å²) in [5.74, 6) is -1.15. The number of carboxylic acid groups (broad SMARTS) is 1. The minimum Gasteiger partial charge on any atom is -0.481 e. The molecule has 2 atom stereocenters. The highest BCUT2D eigenvalue weighted by Gasteiger charge is 2.34. The number of rotatable bonds is 3. The Kier molecular flexibility index (Phi) is 4.02. The van der Waals surface area contributed by atoms with Gasteiger partial charge in [-0.05, 0) is 39.5 Å². The Balaban J connectivity index is 2.03. The fourth-order valence-corrected chi connectivity index (χ4v) is 2.84. The van der Waals surface area contributed by atoms with E-state index in [4.69, 9.17) is 5.11 Å². The molecule has 2 rings (SSSR count). The molecule has 0 amide bonds. The lowest BCUT2D eigenvalue weighted by Crippen LogP contribution is -2.23. The minimum atomic E-state index is -0.731. The van der Waals surface area contributed by atoms with Gasteiger partial charge in [0.25, 0.3) is 0 Å². The predicted molar refractivity (Wildman–Crippen MR) is 69.7 cm³/mol. The van der Waals surface area contributed by atoms with Gasteiger partial charge in [-0.25, -0.2) is 4.39 Å². The Labute approximate surface area is 114 Å². The van der Waals surface area contributed by atoms with Gasteiger partial charge in [0.15, 0.2) is 0 Å². The first kappa shape index (κ1) is 13.5. The molecule has 3 nitrogen and oxygen atoms in total. The highest BCUT2D eigenvalue weighted by molar-refractivity contribution is 9.10. The van der Waals surface area contributed by atoms with Crippen molar-refractivity contribution in [1.82, 2.24) is 4.90 Å². The lowest BCUT2D eigenvalue weighted by atomic mass is 9.99.